The summed E-state index contributed by atoms with van der Waals surface area (Å²) in [5, 5.41) is 6.44. The molecule has 1 atom stereocenters. The molecule has 1 aromatic carbocycles. The van der Waals surface area contributed by atoms with E-state index >= 15 is 0 Å². The first-order valence-electron chi connectivity index (χ1n) is 8.05. The highest BCUT2D eigenvalue weighted by Crippen LogP contribution is 2.28. The van der Waals surface area contributed by atoms with Gasteiger partial charge in [-0.05, 0) is 57.4 Å². The summed E-state index contributed by atoms with van der Waals surface area (Å²) in [6.45, 7) is 6.09. The highest BCUT2D eigenvalue weighted by atomic mass is 35.5. The molecule has 4 nitrogen and oxygen atoms in total. The van der Waals surface area contributed by atoms with Crippen molar-refractivity contribution < 1.29 is 4.79 Å². The van der Waals surface area contributed by atoms with Crippen LogP contribution in [0.5, 0.6) is 0 Å². The molecule has 6 heteroatoms. The summed E-state index contributed by atoms with van der Waals surface area (Å²) >= 11 is 0. The van der Waals surface area contributed by atoms with E-state index in [0.717, 1.165) is 44.7 Å². The molecule has 1 unspecified atom stereocenters. The number of rotatable bonds is 3. The molecule has 23 heavy (non-hydrogen) atoms. The fourth-order valence-electron chi connectivity index (χ4n) is 3.29. The Morgan fingerprint density at radius 3 is 2.61 bits per heavy atom. The summed E-state index contributed by atoms with van der Waals surface area (Å²) in [5.74, 6) is 0.133. The maximum absolute atomic E-state index is 12.6. The Kier molecular flexibility index (Phi) is 7.65. The van der Waals surface area contributed by atoms with Gasteiger partial charge in [-0.1, -0.05) is 6.07 Å². The fraction of sp³-hybridized carbons (Fsp3) is 0.588. The number of anilines is 2. The van der Waals surface area contributed by atoms with Crippen molar-refractivity contribution in [3.63, 3.8) is 0 Å². The van der Waals surface area contributed by atoms with E-state index in [1.807, 2.05) is 12.1 Å². The Balaban J connectivity index is 0.00000132. The van der Waals surface area contributed by atoms with Crippen molar-refractivity contribution in [2.24, 2.45) is 5.41 Å². The van der Waals surface area contributed by atoms with Crippen LogP contribution < -0.4 is 15.5 Å². The lowest BCUT2D eigenvalue weighted by Gasteiger charge is -2.32. The predicted octanol–water partition coefficient (Wildman–Crippen LogP) is 3.46. The Bertz CT molecular complexity index is 512. The number of benzene rings is 1. The van der Waals surface area contributed by atoms with Crippen LogP contribution >= 0.6 is 24.8 Å². The second-order valence-electron chi connectivity index (χ2n) is 6.54. The van der Waals surface area contributed by atoms with E-state index in [4.69, 9.17) is 0 Å². The van der Waals surface area contributed by atoms with Crippen LogP contribution in [0.15, 0.2) is 24.3 Å². The van der Waals surface area contributed by atoms with Crippen LogP contribution in [0.4, 0.5) is 11.4 Å². The van der Waals surface area contributed by atoms with Crippen molar-refractivity contribution in [2.75, 3.05) is 36.4 Å². The zero-order valence-corrected chi connectivity index (χ0v) is 15.3. The minimum atomic E-state index is -0.290. The molecule has 1 aromatic rings. The Morgan fingerprint density at radius 2 is 1.96 bits per heavy atom. The molecule has 2 aliphatic heterocycles. The minimum absolute atomic E-state index is 0. The van der Waals surface area contributed by atoms with Gasteiger partial charge in [-0.3, -0.25) is 4.79 Å². The molecule has 0 aliphatic carbocycles. The summed E-state index contributed by atoms with van der Waals surface area (Å²) < 4.78 is 0. The highest BCUT2D eigenvalue weighted by Gasteiger charge is 2.34. The standard InChI is InChI=1S/C17H25N3O.2ClH/c1-17(8-5-9-18-13-17)16(21)19-14-6-4-7-15(12-14)20-10-2-3-11-20;;/h4,6-7,12,18H,2-3,5,8-11,13H2,1H3,(H,19,21);2*1H. The third kappa shape index (κ3) is 4.75. The third-order valence-electron chi connectivity index (χ3n) is 4.72. The van der Waals surface area contributed by atoms with Gasteiger partial charge in [0.05, 0.1) is 5.41 Å². The molecule has 130 valence electrons. The van der Waals surface area contributed by atoms with Gasteiger partial charge in [-0.2, -0.15) is 0 Å². The number of nitrogens with one attached hydrogen (secondary N) is 2. The van der Waals surface area contributed by atoms with Crippen molar-refractivity contribution in [3.05, 3.63) is 24.3 Å². The average Bonchev–Trinajstić information content (AvgIpc) is 3.02. The first-order valence-corrected chi connectivity index (χ1v) is 8.05. The molecule has 2 heterocycles. The van der Waals surface area contributed by atoms with Gasteiger partial charge >= 0.3 is 0 Å². The number of piperidine rings is 1. The zero-order chi connectivity index (χ0) is 14.7. The third-order valence-corrected chi connectivity index (χ3v) is 4.72. The fourth-order valence-corrected chi connectivity index (χ4v) is 3.29. The molecule has 0 radical (unpaired) electrons. The van der Waals surface area contributed by atoms with Crippen molar-refractivity contribution in [1.82, 2.24) is 5.32 Å². The van der Waals surface area contributed by atoms with Crippen LogP contribution in [-0.4, -0.2) is 32.1 Å². The van der Waals surface area contributed by atoms with Crippen molar-refractivity contribution in [2.45, 2.75) is 32.6 Å². The maximum atomic E-state index is 12.6. The van der Waals surface area contributed by atoms with E-state index in [1.165, 1.54) is 18.5 Å². The molecule has 0 aromatic heterocycles. The minimum Gasteiger partial charge on any atom is -0.371 e. The number of nitrogens with zero attached hydrogens (tertiary/aromatic N) is 1. The molecule has 3 rings (SSSR count). The zero-order valence-electron chi connectivity index (χ0n) is 13.6. The molecule has 0 spiro atoms. The predicted molar refractivity (Wildman–Crippen MR) is 101 cm³/mol. The van der Waals surface area contributed by atoms with Gasteiger partial charge in [0.25, 0.3) is 0 Å². The van der Waals surface area contributed by atoms with Crippen molar-refractivity contribution in [1.29, 1.82) is 0 Å². The smallest absolute Gasteiger partial charge is 0.231 e. The number of carbonyl (C=O) groups is 1. The monoisotopic (exact) mass is 359 g/mol. The Labute approximate surface area is 151 Å². The van der Waals surface area contributed by atoms with Gasteiger partial charge in [-0.25, -0.2) is 0 Å². The molecule has 1 amide bonds. The van der Waals surface area contributed by atoms with Gasteiger partial charge in [-0.15, -0.1) is 24.8 Å². The molecule has 2 N–H and O–H groups in total. The van der Waals surface area contributed by atoms with Crippen LogP contribution in [0.25, 0.3) is 0 Å². The molecule has 0 bridgehead atoms. The molecular weight excluding hydrogens is 333 g/mol. The topological polar surface area (TPSA) is 44.4 Å². The lowest BCUT2D eigenvalue weighted by molar-refractivity contribution is -0.125. The quantitative estimate of drug-likeness (QED) is 0.868. The summed E-state index contributed by atoms with van der Waals surface area (Å²) in [6.07, 6.45) is 4.55. The van der Waals surface area contributed by atoms with Crippen LogP contribution in [-0.2, 0) is 4.79 Å². The number of carbonyl (C=O) groups excluding carboxylic acids is 1. The van der Waals surface area contributed by atoms with Crippen LogP contribution in [0, 0.1) is 5.41 Å². The van der Waals surface area contributed by atoms with E-state index in [-0.39, 0.29) is 36.1 Å². The van der Waals surface area contributed by atoms with Gasteiger partial charge in [0.2, 0.25) is 5.91 Å². The lowest BCUT2D eigenvalue weighted by atomic mass is 9.82. The molecule has 2 fully saturated rings. The van der Waals surface area contributed by atoms with Crippen molar-refractivity contribution >= 4 is 42.1 Å². The van der Waals surface area contributed by atoms with Crippen LogP contribution in [0.1, 0.15) is 32.6 Å². The van der Waals surface area contributed by atoms with E-state index in [9.17, 15) is 4.79 Å². The second-order valence-corrected chi connectivity index (χ2v) is 6.54. The number of amides is 1. The SMILES string of the molecule is CC1(C(=O)Nc2cccc(N3CCCC3)c2)CCCNC1.Cl.Cl. The molecule has 2 saturated heterocycles. The van der Waals surface area contributed by atoms with Crippen LogP contribution in [0.3, 0.4) is 0 Å². The number of hydrogen-bond donors (Lipinski definition) is 2. The van der Waals surface area contributed by atoms with E-state index in [2.05, 4.69) is 34.6 Å². The van der Waals surface area contributed by atoms with E-state index < -0.39 is 0 Å². The van der Waals surface area contributed by atoms with Gasteiger partial charge < -0.3 is 15.5 Å². The largest absolute Gasteiger partial charge is 0.371 e. The normalized spacial score (nSPS) is 23.6. The summed E-state index contributed by atoms with van der Waals surface area (Å²) in [7, 11) is 0. The Morgan fingerprint density at radius 1 is 1.22 bits per heavy atom. The summed E-state index contributed by atoms with van der Waals surface area (Å²) in [4.78, 5) is 14.9. The highest BCUT2D eigenvalue weighted by molar-refractivity contribution is 5.95. The molecule has 0 saturated carbocycles. The van der Waals surface area contributed by atoms with Gasteiger partial charge in [0.15, 0.2) is 0 Å². The number of halogens is 2. The van der Waals surface area contributed by atoms with Gasteiger partial charge in [0, 0.05) is 31.0 Å². The molecular formula is C17H27Cl2N3O. The van der Waals surface area contributed by atoms with E-state index in [1.54, 1.807) is 0 Å². The molecule has 2 aliphatic rings. The Hall–Kier alpha value is -0.970. The van der Waals surface area contributed by atoms with Crippen molar-refractivity contribution in [3.8, 4) is 0 Å². The number of hydrogen-bond acceptors (Lipinski definition) is 3. The first-order chi connectivity index (χ1) is 10.2. The second kappa shape index (κ2) is 8.76. The lowest BCUT2D eigenvalue weighted by Crippen LogP contribution is -2.46. The first kappa shape index (κ1) is 20.1. The summed E-state index contributed by atoms with van der Waals surface area (Å²) in [6, 6.07) is 8.25. The summed E-state index contributed by atoms with van der Waals surface area (Å²) in [5.41, 5.74) is 1.84. The van der Waals surface area contributed by atoms with E-state index in [0.29, 0.717) is 0 Å². The maximum Gasteiger partial charge on any atom is 0.231 e. The average molecular weight is 360 g/mol. The van der Waals surface area contributed by atoms with Crippen LogP contribution in [0.2, 0.25) is 0 Å². The van der Waals surface area contributed by atoms with Gasteiger partial charge in [0.1, 0.15) is 0 Å².